The molecule has 0 saturated heterocycles. The molecule has 1 saturated carbocycles. The molecule has 2 heterocycles. The quantitative estimate of drug-likeness (QED) is 0.568. The van der Waals surface area contributed by atoms with Gasteiger partial charge in [0.05, 0.1) is 12.5 Å². The number of ether oxygens (including phenoxy) is 1. The zero-order valence-electron chi connectivity index (χ0n) is 15.9. The number of amides is 1. The number of methoxy groups -OCH3 is 1. The highest BCUT2D eigenvalue weighted by molar-refractivity contribution is 5.87. The number of pyridine rings is 1. The Labute approximate surface area is 162 Å². The number of carbonyl (C=O) groups is 1. The van der Waals surface area contributed by atoms with Crippen molar-refractivity contribution in [2.75, 3.05) is 24.8 Å². The number of nitrogen functional groups attached to an aromatic ring is 1. The summed E-state index contributed by atoms with van der Waals surface area (Å²) in [5, 5.41) is 15.8. The minimum Gasteiger partial charge on any atom is -0.453 e. The lowest BCUT2D eigenvalue weighted by Gasteiger charge is -2.29. The number of hydrogen-bond acceptors (Lipinski definition) is 8. The van der Waals surface area contributed by atoms with Crippen molar-refractivity contribution < 1.29 is 14.6 Å². The highest BCUT2D eigenvalue weighted by Gasteiger charge is 2.23. The number of aliphatic hydroxyl groups excluding tert-OH is 1. The van der Waals surface area contributed by atoms with E-state index in [0.29, 0.717) is 35.6 Å². The largest absolute Gasteiger partial charge is 0.453 e. The molecule has 5 N–H and O–H groups in total. The number of aryl methyl sites for hydroxylation is 1. The summed E-state index contributed by atoms with van der Waals surface area (Å²) in [6.07, 6.45) is 5.01. The highest BCUT2D eigenvalue weighted by atomic mass is 16.5. The van der Waals surface area contributed by atoms with Crippen LogP contribution in [0.15, 0.2) is 17.1 Å². The van der Waals surface area contributed by atoms with E-state index in [1.807, 2.05) is 0 Å². The standard InChI is InChI=1S/C18H26N6O4/c1-28-18(27)22-12-5-3-11(4-6-12)21-17-20-10-13-14(19)9-15(26)24(7-2-8-25)16(13)23-17/h9-12,25H,2-8,19H2,1H3,(H,22,27)(H,20,21,23)/t11-,12-. The number of rotatable bonds is 6. The summed E-state index contributed by atoms with van der Waals surface area (Å²) < 4.78 is 6.14. The summed E-state index contributed by atoms with van der Waals surface area (Å²) in [4.78, 5) is 32.5. The third kappa shape index (κ3) is 4.50. The molecule has 0 aromatic carbocycles. The molecule has 0 unspecified atom stereocenters. The molecule has 1 amide bonds. The van der Waals surface area contributed by atoms with E-state index in [9.17, 15) is 9.59 Å². The lowest BCUT2D eigenvalue weighted by atomic mass is 9.91. The molecule has 1 aliphatic rings. The second-order valence-corrected chi connectivity index (χ2v) is 6.93. The van der Waals surface area contributed by atoms with Gasteiger partial charge in [-0.25, -0.2) is 9.78 Å². The first-order valence-electron chi connectivity index (χ1n) is 9.39. The third-order valence-corrected chi connectivity index (χ3v) is 4.99. The van der Waals surface area contributed by atoms with Gasteiger partial charge in [-0.2, -0.15) is 4.98 Å². The van der Waals surface area contributed by atoms with Gasteiger partial charge in [-0.3, -0.25) is 9.36 Å². The summed E-state index contributed by atoms with van der Waals surface area (Å²) in [6.45, 7) is 0.338. The third-order valence-electron chi connectivity index (χ3n) is 4.99. The number of hydrogen-bond donors (Lipinski definition) is 4. The molecule has 152 valence electrons. The first kappa shape index (κ1) is 19.9. The van der Waals surface area contributed by atoms with E-state index in [-0.39, 0.29) is 24.2 Å². The Morgan fingerprint density at radius 3 is 2.75 bits per heavy atom. The van der Waals surface area contributed by atoms with Gasteiger partial charge in [0.25, 0.3) is 5.56 Å². The SMILES string of the molecule is COC(=O)N[C@H]1CC[C@H](Nc2ncc3c(N)cc(=O)n(CCCO)c3n2)CC1. The maximum Gasteiger partial charge on any atom is 0.407 e. The zero-order valence-corrected chi connectivity index (χ0v) is 15.9. The molecule has 2 aromatic heterocycles. The van der Waals surface area contributed by atoms with Crippen LogP contribution in [0.1, 0.15) is 32.1 Å². The topological polar surface area (TPSA) is 144 Å². The van der Waals surface area contributed by atoms with Crippen molar-refractivity contribution in [1.29, 1.82) is 0 Å². The minimum atomic E-state index is -0.410. The van der Waals surface area contributed by atoms with Gasteiger partial charge in [0.15, 0.2) is 0 Å². The average molecular weight is 390 g/mol. The predicted octanol–water partition coefficient (Wildman–Crippen LogP) is 0.835. The van der Waals surface area contributed by atoms with Gasteiger partial charge >= 0.3 is 6.09 Å². The van der Waals surface area contributed by atoms with Gasteiger partial charge in [0.2, 0.25) is 5.95 Å². The Kier molecular flexibility index (Phi) is 6.30. The van der Waals surface area contributed by atoms with Gasteiger partial charge in [0.1, 0.15) is 5.65 Å². The number of fused-ring (bicyclic) bond motifs is 1. The van der Waals surface area contributed by atoms with Crippen LogP contribution >= 0.6 is 0 Å². The zero-order chi connectivity index (χ0) is 20.1. The van der Waals surface area contributed by atoms with Crippen LogP contribution in [0.2, 0.25) is 0 Å². The fourth-order valence-electron chi connectivity index (χ4n) is 3.48. The van der Waals surface area contributed by atoms with Crippen LogP contribution < -0.4 is 21.9 Å². The maximum atomic E-state index is 12.3. The summed E-state index contributed by atoms with van der Waals surface area (Å²) in [5.41, 5.74) is 6.49. The molecule has 0 spiro atoms. The van der Waals surface area contributed by atoms with Gasteiger partial charge in [-0.05, 0) is 32.1 Å². The molecular formula is C18H26N6O4. The minimum absolute atomic E-state index is 0.0165. The Hall–Kier alpha value is -2.88. The summed E-state index contributed by atoms with van der Waals surface area (Å²) in [7, 11) is 1.35. The summed E-state index contributed by atoms with van der Waals surface area (Å²) in [6, 6.07) is 1.63. The number of aliphatic hydroxyl groups is 1. The van der Waals surface area contributed by atoms with Gasteiger partial charge < -0.3 is 26.2 Å². The van der Waals surface area contributed by atoms with E-state index >= 15 is 0 Å². The van der Waals surface area contributed by atoms with Crippen LogP contribution in [-0.4, -0.2) is 51.5 Å². The molecule has 0 radical (unpaired) electrons. The van der Waals surface area contributed by atoms with Crippen molar-refractivity contribution in [3.8, 4) is 0 Å². The Morgan fingerprint density at radius 1 is 1.36 bits per heavy atom. The van der Waals surface area contributed by atoms with E-state index in [1.54, 1.807) is 6.20 Å². The molecule has 0 bridgehead atoms. The molecule has 10 nitrogen and oxygen atoms in total. The molecule has 3 rings (SSSR count). The van der Waals surface area contributed by atoms with Crippen LogP contribution in [0, 0.1) is 0 Å². The van der Waals surface area contributed by atoms with E-state index in [2.05, 4.69) is 25.3 Å². The maximum absolute atomic E-state index is 12.3. The Morgan fingerprint density at radius 2 is 2.07 bits per heavy atom. The van der Waals surface area contributed by atoms with Crippen LogP contribution in [0.5, 0.6) is 0 Å². The number of nitrogens with one attached hydrogen (secondary N) is 2. The Bertz CT molecular complexity index is 892. The summed E-state index contributed by atoms with van der Waals surface area (Å²) >= 11 is 0. The second kappa shape index (κ2) is 8.87. The smallest absolute Gasteiger partial charge is 0.407 e. The molecule has 10 heteroatoms. The highest BCUT2D eigenvalue weighted by Crippen LogP contribution is 2.23. The fraction of sp³-hybridized carbons (Fsp3) is 0.556. The second-order valence-electron chi connectivity index (χ2n) is 6.93. The van der Waals surface area contributed by atoms with Gasteiger partial charge in [-0.1, -0.05) is 0 Å². The molecule has 2 aromatic rings. The first-order valence-corrected chi connectivity index (χ1v) is 9.39. The number of nitrogens with zero attached hydrogens (tertiary/aromatic N) is 3. The van der Waals surface area contributed by atoms with Gasteiger partial charge in [-0.15, -0.1) is 0 Å². The van der Waals surface area contributed by atoms with E-state index in [0.717, 1.165) is 25.7 Å². The number of anilines is 2. The lowest BCUT2D eigenvalue weighted by Crippen LogP contribution is -2.40. The van der Waals surface area contributed by atoms with E-state index < -0.39 is 6.09 Å². The molecule has 0 atom stereocenters. The van der Waals surface area contributed by atoms with Crippen molar-refractivity contribution in [2.45, 2.75) is 50.7 Å². The van der Waals surface area contributed by atoms with E-state index in [1.165, 1.54) is 17.7 Å². The molecule has 1 fully saturated rings. The average Bonchev–Trinajstić information content (AvgIpc) is 2.69. The fourth-order valence-corrected chi connectivity index (χ4v) is 3.48. The van der Waals surface area contributed by atoms with Crippen LogP contribution in [0.25, 0.3) is 11.0 Å². The molecule has 1 aliphatic carbocycles. The molecule has 0 aliphatic heterocycles. The van der Waals surface area contributed by atoms with Crippen LogP contribution in [0.4, 0.5) is 16.4 Å². The summed E-state index contributed by atoms with van der Waals surface area (Å²) in [5.74, 6) is 0.430. The van der Waals surface area contributed by atoms with Crippen molar-refractivity contribution in [1.82, 2.24) is 19.9 Å². The van der Waals surface area contributed by atoms with Crippen molar-refractivity contribution in [3.63, 3.8) is 0 Å². The number of carbonyl (C=O) groups excluding carboxylic acids is 1. The number of alkyl carbamates (subject to hydrolysis) is 1. The van der Waals surface area contributed by atoms with Crippen LogP contribution in [0.3, 0.4) is 0 Å². The first-order chi connectivity index (χ1) is 13.5. The Balaban J connectivity index is 1.74. The van der Waals surface area contributed by atoms with E-state index in [4.69, 9.17) is 10.8 Å². The monoisotopic (exact) mass is 390 g/mol. The molecular weight excluding hydrogens is 364 g/mol. The lowest BCUT2D eigenvalue weighted by molar-refractivity contribution is 0.162. The molecule has 28 heavy (non-hydrogen) atoms. The number of nitrogens with two attached hydrogens (primary N) is 1. The van der Waals surface area contributed by atoms with Crippen molar-refractivity contribution in [2.24, 2.45) is 0 Å². The van der Waals surface area contributed by atoms with Crippen molar-refractivity contribution in [3.05, 3.63) is 22.6 Å². The number of aromatic nitrogens is 3. The van der Waals surface area contributed by atoms with Crippen LogP contribution in [-0.2, 0) is 11.3 Å². The normalized spacial score (nSPS) is 19.4. The predicted molar refractivity (Wildman–Crippen MR) is 105 cm³/mol. The van der Waals surface area contributed by atoms with Gasteiger partial charge in [0, 0.05) is 43.2 Å². The van der Waals surface area contributed by atoms with Crippen molar-refractivity contribution >= 4 is 28.8 Å².